The lowest BCUT2D eigenvalue weighted by Crippen LogP contribution is -2.40. The number of nitrogens with zero attached hydrogens (tertiary/aromatic N) is 1. The lowest BCUT2D eigenvalue weighted by molar-refractivity contribution is -0.119. The third-order valence-corrected chi connectivity index (χ3v) is 3.93. The van der Waals surface area contributed by atoms with Gasteiger partial charge in [-0.25, -0.2) is 4.99 Å². The Morgan fingerprint density at radius 2 is 1.93 bits per heavy atom. The summed E-state index contributed by atoms with van der Waals surface area (Å²) in [7, 11) is 0. The van der Waals surface area contributed by atoms with Crippen LogP contribution in [0.2, 0.25) is 10.0 Å². The SMILES string of the molecule is CCNC(=NCC(=O)NCc1ccco1)NCC(O)c1cc(Cl)cc(Cl)c1.I. The fraction of sp³-hybridized carbons (Fsp3) is 0.333. The summed E-state index contributed by atoms with van der Waals surface area (Å²) >= 11 is 11.9. The third kappa shape index (κ3) is 8.68. The number of rotatable bonds is 8. The molecule has 0 saturated heterocycles. The van der Waals surface area contributed by atoms with E-state index >= 15 is 0 Å². The topological polar surface area (TPSA) is 98.9 Å². The van der Waals surface area contributed by atoms with Gasteiger partial charge in [-0.05, 0) is 42.8 Å². The highest BCUT2D eigenvalue weighted by atomic mass is 127. The number of amides is 1. The van der Waals surface area contributed by atoms with Crippen molar-refractivity contribution in [2.45, 2.75) is 19.6 Å². The van der Waals surface area contributed by atoms with Crippen LogP contribution in [0.4, 0.5) is 0 Å². The molecule has 0 aliphatic heterocycles. The van der Waals surface area contributed by atoms with Crippen LogP contribution in [0.3, 0.4) is 0 Å². The summed E-state index contributed by atoms with van der Waals surface area (Å²) in [6.45, 7) is 2.94. The number of hydrogen-bond acceptors (Lipinski definition) is 4. The minimum absolute atomic E-state index is 0. The number of nitrogens with one attached hydrogen (secondary N) is 3. The second-order valence-corrected chi connectivity index (χ2v) is 6.52. The van der Waals surface area contributed by atoms with Crippen molar-refractivity contribution in [3.05, 3.63) is 58.0 Å². The minimum Gasteiger partial charge on any atom is -0.467 e. The molecule has 1 unspecified atom stereocenters. The molecule has 1 atom stereocenters. The van der Waals surface area contributed by atoms with Crippen molar-refractivity contribution in [1.82, 2.24) is 16.0 Å². The number of aliphatic imine (C=N–C) groups is 1. The highest BCUT2D eigenvalue weighted by Gasteiger charge is 2.11. The Bertz CT molecular complexity index is 752. The van der Waals surface area contributed by atoms with E-state index in [1.807, 2.05) is 6.92 Å². The van der Waals surface area contributed by atoms with Crippen molar-refractivity contribution in [2.75, 3.05) is 19.6 Å². The van der Waals surface area contributed by atoms with Gasteiger partial charge in [-0.15, -0.1) is 24.0 Å². The van der Waals surface area contributed by atoms with Crippen molar-refractivity contribution >= 4 is 59.0 Å². The Balaban J connectivity index is 0.00000392. The number of aliphatic hydroxyl groups excluding tert-OH is 1. The van der Waals surface area contributed by atoms with Gasteiger partial charge in [0.2, 0.25) is 5.91 Å². The first-order valence-corrected chi connectivity index (χ1v) is 9.19. The van der Waals surface area contributed by atoms with Crippen LogP contribution in [0.15, 0.2) is 46.0 Å². The van der Waals surface area contributed by atoms with Crippen LogP contribution in [0.5, 0.6) is 0 Å². The van der Waals surface area contributed by atoms with Crippen LogP contribution in [-0.2, 0) is 11.3 Å². The minimum atomic E-state index is -0.835. The van der Waals surface area contributed by atoms with Gasteiger partial charge in [-0.1, -0.05) is 23.2 Å². The van der Waals surface area contributed by atoms with E-state index in [4.69, 9.17) is 27.6 Å². The van der Waals surface area contributed by atoms with Gasteiger partial charge in [-0.3, -0.25) is 4.79 Å². The van der Waals surface area contributed by atoms with Crippen LogP contribution in [-0.4, -0.2) is 36.6 Å². The summed E-state index contributed by atoms with van der Waals surface area (Å²) in [6.07, 6.45) is 0.712. The largest absolute Gasteiger partial charge is 0.467 e. The lowest BCUT2D eigenvalue weighted by atomic mass is 10.1. The van der Waals surface area contributed by atoms with Gasteiger partial charge in [0.25, 0.3) is 0 Å². The van der Waals surface area contributed by atoms with Gasteiger partial charge >= 0.3 is 0 Å². The quantitative estimate of drug-likeness (QED) is 0.234. The fourth-order valence-corrected chi connectivity index (χ4v) is 2.77. The molecule has 0 spiro atoms. The van der Waals surface area contributed by atoms with E-state index in [9.17, 15) is 9.90 Å². The molecule has 10 heteroatoms. The monoisotopic (exact) mass is 540 g/mol. The molecule has 1 aromatic carbocycles. The summed E-state index contributed by atoms with van der Waals surface area (Å²) < 4.78 is 5.15. The van der Waals surface area contributed by atoms with Crippen molar-refractivity contribution in [3.8, 4) is 0 Å². The highest BCUT2D eigenvalue weighted by molar-refractivity contribution is 14.0. The first kappa shape index (κ1) is 24.5. The number of carbonyl (C=O) groups is 1. The van der Waals surface area contributed by atoms with Crippen molar-refractivity contribution in [1.29, 1.82) is 0 Å². The average Bonchev–Trinajstić information content (AvgIpc) is 3.14. The van der Waals surface area contributed by atoms with E-state index in [-0.39, 0.29) is 43.0 Å². The smallest absolute Gasteiger partial charge is 0.242 e. The molecule has 0 fully saturated rings. The highest BCUT2D eigenvalue weighted by Crippen LogP contribution is 2.23. The van der Waals surface area contributed by atoms with Crippen LogP contribution < -0.4 is 16.0 Å². The number of hydrogen-bond donors (Lipinski definition) is 4. The van der Waals surface area contributed by atoms with Crippen LogP contribution >= 0.6 is 47.2 Å². The summed E-state index contributed by atoms with van der Waals surface area (Å²) in [5.74, 6) is 0.837. The summed E-state index contributed by atoms with van der Waals surface area (Å²) in [5, 5.41) is 19.9. The van der Waals surface area contributed by atoms with Crippen LogP contribution in [0, 0.1) is 0 Å². The molecule has 4 N–H and O–H groups in total. The van der Waals surface area contributed by atoms with Gasteiger partial charge in [-0.2, -0.15) is 0 Å². The van der Waals surface area contributed by atoms with E-state index in [0.717, 1.165) is 0 Å². The molecular weight excluding hydrogens is 518 g/mol. The maximum Gasteiger partial charge on any atom is 0.242 e. The Kier molecular flexibility index (Phi) is 11.3. The number of aliphatic hydroxyl groups is 1. The second-order valence-electron chi connectivity index (χ2n) is 5.65. The molecule has 0 saturated carbocycles. The maximum atomic E-state index is 11.9. The van der Waals surface area contributed by atoms with Gasteiger partial charge in [0, 0.05) is 23.1 Å². The van der Waals surface area contributed by atoms with Crippen LogP contribution in [0.25, 0.3) is 0 Å². The van der Waals surface area contributed by atoms with Gasteiger partial charge in [0.05, 0.1) is 18.9 Å². The Labute approximate surface area is 190 Å². The molecule has 1 amide bonds. The second kappa shape index (κ2) is 12.9. The van der Waals surface area contributed by atoms with Crippen molar-refractivity contribution in [2.24, 2.45) is 4.99 Å². The predicted molar refractivity (Wildman–Crippen MR) is 121 cm³/mol. The molecule has 0 radical (unpaired) electrons. The molecule has 0 aliphatic carbocycles. The fourth-order valence-electron chi connectivity index (χ4n) is 2.23. The average molecular weight is 541 g/mol. The number of halogens is 3. The molecule has 0 bridgehead atoms. The Morgan fingerprint density at radius 1 is 1.21 bits per heavy atom. The zero-order chi connectivity index (χ0) is 19.6. The number of carbonyl (C=O) groups excluding carboxylic acids is 1. The first-order chi connectivity index (χ1) is 13.0. The van der Waals surface area contributed by atoms with E-state index in [1.165, 1.54) is 0 Å². The number of furan rings is 1. The number of benzene rings is 1. The molecular formula is C18H23Cl2IN4O3. The normalized spacial score (nSPS) is 12.1. The van der Waals surface area contributed by atoms with Gasteiger partial charge in [0.1, 0.15) is 12.3 Å². The molecule has 1 aromatic heterocycles. The zero-order valence-corrected chi connectivity index (χ0v) is 19.1. The Hall–Kier alpha value is -1.49. The Morgan fingerprint density at radius 3 is 2.54 bits per heavy atom. The molecule has 154 valence electrons. The molecule has 2 aromatic rings. The zero-order valence-electron chi connectivity index (χ0n) is 15.2. The first-order valence-electron chi connectivity index (χ1n) is 8.43. The van der Waals surface area contributed by atoms with E-state index in [1.54, 1.807) is 36.6 Å². The summed E-state index contributed by atoms with van der Waals surface area (Å²) in [5.41, 5.74) is 0.590. The summed E-state index contributed by atoms with van der Waals surface area (Å²) in [4.78, 5) is 16.1. The van der Waals surface area contributed by atoms with Crippen molar-refractivity contribution < 1.29 is 14.3 Å². The van der Waals surface area contributed by atoms with Crippen molar-refractivity contribution in [3.63, 3.8) is 0 Å². The maximum absolute atomic E-state index is 11.9. The van der Waals surface area contributed by atoms with Gasteiger partial charge < -0.3 is 25.5 Å². The van der Waals surface area contributed by atoms with Crippen LogP contribution in [0.1, 0.15) is 24.4 Å². The van der Waals surface area contributed by atoms with E-state index in [2.05, 4.69) is 20.9 Å². The molecule has 28 heavy (non-hydrogen) atoms. The third-order valence-electron chi connectivity index (χ3n) is 3.50. The summed E-state index contributed by atoms with van der Waals surface area (Å²) in [6, 6.07) is 8.42. The molecule has 7 nitrogen and oxygen atoms in total. The standard InChI is InChI=1S/C18H22Cl2N4O3.HI/c1-2-21-18(24-11-17(26)22-9-15-4-3-5-27-15)23-10-16(25)12-6-13(19)8-14(20)7-12;/h3-8,16,25H,2,9-11H2,1H3,(H,22,26)(H2,21,23,24);1H. The molecule has 1 heterocycles. The van der Waals surface area contributed by atoms with E-state index < -0.39 is 6.10 Å². The van der Waals surface area contributed by atoms with E-state index in [0.29, 0.717) is 40.4 Å². The number of guanidine groups is 1. The predicted octanol–water partition coefficient (Wildman–Crippen LogP) is 3.11. The lowest BCUT2D eigenvalue weighted by Gasteiger charge is -2.16. The van der Waals surface area contributed by atoms with Gasteiger partial charge in [0.15, 0.2) is 5.96 Å². The molecule has 0 aliphatic rings. The molecule has 2 rings (SSSR count).